The number of hydrogen-bond donors (Lipinski definition) is 1. The van der Waals surface area contributed by atoms with Crippen molar-refractivity contribution in [1.82, 2.24) is 29.9 Å². The summed E-state index contributed by atoms with van der Waals surface area (Å²) in [6, 6.07) is 3.13. The van der Waals surface area contributed by atoms with E-state index in [9.17, 15) is 40.8 Å². The van der Waals surface area contributed by atoms with Crippen LogP contribution in [0.3, 0.4) is 0 Å². The van der Waals surface area contributed by atoms with Gasteiger partial charge in [-0.2, -0.15) is 46.2 Å². The minimum absolute atomic E-state index is 0.00937. The van der Waals surface area contributed by atoms with E-state index < -0.39 is 58.8 Å². The van der Waals surface area contributed by atoms with Gasteiger partial charge >= 0.3 is 18.0 Å². The van der Waals surface area contributed by atoms with Crippen LogP contribution in [0, 0.1) is 11.3 Å². The summed E-state index contributed by atoms with van der Waals surface area (Å²) in [5, 5.41) is 18.3. The Labute approximate surface area is 216 Å². The average Bonchev–Trinajstić information content (AvgIpc) is 3.33. The lowest BCUT2D eigenvalue weighted by Gasteiger charge is -2.29. The maximum atomic E-state index is 15.3. The molecule has 1 aliphatic heterocycles. The van der Waals surface area contributed by atoms with Crippen LogP contribution in [0.2, 0.25) is 5.15 Å². The zero-order valence-electron chi connectivity index (χ0n) is 19.1. The maximum Gasteiger partial charge on any atom is 0.437 e. The van der Waals surface area contributed by atoms with E-state index in [-0.39, 0.29) is 21.8 Å². The SMILES string of the molecule is Cn1nc(C(F)(C(F)(F)F)C(F)(F)F)c2c1-n1ncc(-c3cnc(Cl)c(C(=O)NC4(C#N)CC4)c3)c1C(F)O2. The first-order valence-electron chi connectivity index (χ1n) is 10.7. The topological polar surface area (TPSA) is 111 Å². The highest BCUT2D eigenvalue weighted by Gasteiger charge is 2.76. The van der Waals surface area contributed by atoms with Crippen LogP contribution in [0.5, 0.6) is 5.75 Å². The molecule has 1 saturated carbocycles. The molecule has 3 aromatic heterocycles. The van der Waals surface area contributed by atoms with Crippen molar-refractivity contribution >= 4 is 17.5 Å². The van der Waals surface area contributed by atoms with Crippen molar-refractivity contribution in [2.45, 2.75) is 42.8 Å². The smallest absolute Gasteiger partial charge is 0.437 e. The summed E-state index contributed by atoms with van der Waals surface area (Å²) >= 11 is 6.02. The number of aromatic nitrogens is 5. The zero-order chi connectivity index (χ0) is 28.7. The lowest BCUT2D eigenvalue weighted by atomic mass is 9.99. The van der Waals surface area contributed by atoms with Gasteiger partial charge in [-0.15, -0.1) is 0 Å². The number of amides is 1. The molecule has 1 atom stereocenters. The standard InChI is InChI=1S/C21H12ClF8N7O2/c1-36-17-12(13(35-36)19(24,20(25,26)27)21(28,29)30)39-15(23)11-10(6-33-37(11)17)8-4-9(14(22)32-5-8)16(38)34-18(7-31)2-3-18/h4-6,15H,2-3H2,1H3,(H,34,38). The molecule has 4 heterocycles. The fourth-order valence-electron chi connectivity index (χ4n) is 4.05. The van der Waals surface area contributed by atoms with Crippen LogP contribution in [-0.4, -0.2) is 48.3 Å². The number of ether oxygens (including phenoxy) is 1. The Morgan fingerprint density at radius 1 is 1.21 bits per heavy atom. The van der Waals surface area contributed by atoms with Crippen molar-refractivity contribution in [3.8, 4) is 28.8 Å². The van der Waals surface area contributed by atoms with Gasteiger partial charge in [-0.1, -0.05) is 11.6 Å². The molecule has 0 saturated heterocycles. The van der Waals surface area contributed by atoms with E-state index in [2.05, 4.69) is 20.5 Å². The number of carbonyl (C=O) groups excluding carboxylic acids is 1. The molecular formula is C21H12ClF8N7O2. The minimum Gasteiger partial charge on any atom is -0.448 e. The molecule has 1 unspecified atom stereocenters. The fourth-order valence-corrected chi connectivity index (χ4v) is 4.24. The molecule has 0 aromatic carbocycles. The van der Waals surface area contributed by atoms with Gasteiger partial charge < -0.3 is 10.1 Å². The Bertz CT molecular complexity index is 1540. The summed E-state index contributed by atoms with van der Waals surface area (Å²) in [6.07, 6.45) is -12.9. The third-order valence-corrected chi connectivity index (χ3v) is 6.54. The number of nitriles is 1. The Morgan fingerprint density at radius 3 is 2.41 bits per heavy atom. The molecule has 18 heteroatoms. The van der Waals surface area contributed by atoms with Gasteiger partial charge in [-0.05, 0) is 18.9 Å². The summed E-state index contributed by atoms with van der Waals surface area (Å²) in [4.78, 5) is 16.5. The highest BCUT2D eigenvalue weighted by Crippen LogP contribution is 2.57. The van der Waals surface area contributed by atoms with Gasteiger partial charge in [0.05, 0.1) is 17.8 Å². The number of rotatable bonds is 4. The van der Waals surface area contributed by atoms with Crippen LogP contribution >= 0.6 is 11.6 Å². The molecule has 0 spiro atoms. The number of alkyl halides is 8. The van der Waals surface area contributed by atoms with E-state index >= 15 is 4.39 Å². The van der Waals surface area contributed by atoms with Gasteiger partial charge in [0.2, 0.25) is 0 Å². The summed E-state index contributed by atoms with van der Waals surface area (Å²) in [5.41, 5.74) is -10.1. The first-order valence-corrected chi connectivity index (χ1v) is 11.1. The molecule has 39 heavy (non-hydrogen) atoms. The molecule has 0 bridgehead atoms. The Hall–Kier alpha value is -3.94. The Kier molecular flexibility index (Phi) is 5.66. The molecule has 0 radical (unpaired) electrons. The second-order valence-corrected chi connectivity index (χ2v) is 9.14. The number of pyridine rings is 1. The lowest BCUT2D eigenvalue weighted by Crippen LogP contribution is -2.51. The summed E-state index contributed by atoms with van der Waals surface area (Å²) in [7, 11) is 0.887. The van der Waals surface area contributed by atoms with E-state index in [1.807, 2.05) is 6.07 Å². The molecule has 1 amide bonds. The molecule has 1 aliphatic carbocycles. The average molecular weight is 582 g/mol. The van der Waals surface area contributed by atoms with Crippen LogP contribution in [-0.2, 0) is 12.7 Å². The molecule has 1 N–H and O–H groups in total. The number of nitrogens with one attached hydrogen (secondary N) is 1. The van der Waals surface area contributed by atoms with Crippen LogP contribution < -0.4 is 10.1 Å². The van der Waals surface area contributed by atoms with Crippen LogP contribution in [0.15, 0.2) is 18.5 Å². The number of hydrogen-bond acceptors (Lipinski definition) is 6. The number of fused-ring (bicyclic) bond motifs is 3. The third-order valence-electron chi connectivity index (χ3n) is 6.24. The largest absolute Gasteiger partial charge is 0.448 e. The van der Waals surface area contributed by atoms with E-state index in [0.29, 0.717) is 22.2 Å². The number of aryl methyl sites for hydroxylation is 1. The number of nitrogens with zero attached hydrogens (tertiary/aromatic N) is 6. The molecule has 3 aromatic rings. The van der Waals surface area contributed by atoms with Crippen molar-refractivity contribution in [2.24, 2.45) is 7.05 Å². The summed E-state index contributed by atoms with van der Waals surface area (Å²) < 4.78 is 116. The van der Waals surface area contributed by atoms with Crippen LogP contribution in [0.25, 0.3) is 16.9 Å². The maximum absolute atomic E-state index is 15.3. The van der Waals surface area contributed by atoms with Crippen molar-refractivity contribution < 1.29 is 44.7 Å². The molecule has 5 rings (SSSR count). The van der Waals surface area contributed by atoms with Gasteiger partial charge in [-0.3, -0.25) is 4.79 Å². The lowest BCUT2D eigenvalue weighted by molar-refractivity contribution is -0.350. The summed E-state index contributed by atoms with van der Waals surface area (Å²) in [6.45, 7) is 0. The van der Waals surface area contributed by atoms with E-state index in [0.717, 1.165) is 19.4 Å². The first kappa shape index (κ1) is 26.7. The van der Waals surface area contributed by atoms with Crippen molar-refractivity contribution in [3.05, 3.63) is 40.6 Å². The molecule has 1 fully saturated rings. The van der Waals surface area contributed by atoms with Crippen LogP contribution in [0.4, 0.5) is 35.1 Å². The van der Waals surface area contributed by atoms with Crippen LogP contribution in [0.1, 0.15) is 40.9 Å². The van der Waals surface area contributed by atoms with Crippen molar-refractivity contribution in [2.75, 3.05) is 0 Å². The van der Waals surface area contributed by atoms with E-state index in [4.69, 9.17) is 16.3 Å². The highest BCUT2D eigenvalue weighted by molar-refractivity contribution is 6.32. The number of halogens is 9. The molecule has 2 aliphatic rings. The quantitative estimate of drug-likeness (QED) is 0.352. The number of carbonyl (C=O) groups is 1. The molecular weight excluding hydrogens is 570 g/mol. The molecule has 206 valence electrons. The second-order valence-electron chi connectivity index (χ2n) is 8.78. The van der Waals surface area contributed by atoms with Crippen molar-refractivity contribution in [3.63, 3.8) is 0 Å². The summed E-state index contributed by atoms with van der Waals surface area (Å²) in [5.74, 6) is -2.94. The normalized spacial score (nSPS) is 18.0. The third kappa shape index (κ3) is 3.87. The monoisotopic (exact) mass is 581 g/mol. The van der Waals surface area contributed by atoms with Gasteiger partial charge in [0.15, 0.2) is 17.3 Å². The minimum atomic E-state index is -6.52. The van der Waals surface area contributed by atoms with Crippen molar-refractivity contribution in [1.29, 1.82) is 5.26 Å². The van der Waals surface area contributed by atoms with Gasteiger partial charge in [-0.25, -0.2) is 18.7 Å². The predicted octanol–water partition coefficient (Wildman–Crippen LogP) is 4.76. The van der Waals surface area contributed by atoms with Gasteiger partial charge in [0.25, 0.3) is 12.3 Å². The Balaban J connectivity index is 1.61. The van der Waals surface area contributed by atoms with Gasteiger partial charge in [0.1, 0.15) is 16.4 Å². The fraction of sp³-hybridized carbons (Fsp3) is 0.381. The molecule has 9 nitrogen and oxygen atoms in total. The van der Waals surface area contributed by atoms with E-state index in [1.165, 1.54) is 6.07 Å². The Morgan fingerprint density at radius 2 is 1.85 bits per heavy atom. The zero-order valence-corrected chi connectivity index (χ0v) is 19.9. The first-order chi connectivity index (χ1) is 18.0. The van der Waals surface area contributed by atoms with E-state index in [1.54, 1.807) is 0 Å². The van der Waals surface area contributed by atoms with Gasteiger partial charge in [0, 0.05) is 24.4 Å². The predicted molar refractivity (Wildman–Crippen MR) is 113 cm³/mol. The highest BCUT2D eigenvalue weighted by atomic mass is 35.5. The second kappa shape index (κ2) is 8.28.